The Balaban J connectivity index is 1.85. The van der Waals surface area contributed by atoms with Crippen molar-refractivity contribution >= 4 is 0 Å². The summed E-state index contributed by atoms with van der Waals surface area (Å²) in [5, 5.41) is 16.7. The summed E-state index contributed by atoms with van der Waals surface area (Å²) < 4.78 is 3.75. The first kappa shape index (κ1) is 14.7. The van der Waals surface area contributed by atoms with Gasteiger partial charge in [-0.25, -0.2) is 0 Å². The zero-order chi connectivity index (χ0) is 14.5. The zero-order valence-corrected chi connectivity index (χ0v) is 12.8. The third-order valence-electron chi connectivity index (χ3n) is 2.97. The van der Waals surface area contributed by atoms with Crippen LogP contribution in [0.5, 0.6) is 0 Å². The van der Waals surface area contributed by atoms with Crippen molar-refractivity contribution in [2.24, 2.45) is 11.8 Å². The molecule has 0 aliphatic carbocycles. The molecule has 0 aliphatic heterocycles. The molecule has 0 N–H and O–H groups in total. The first-order valence-corrected chi connectivity index (χ1v) is 7.31. The standard InChI is InChI=1S/C14H24N6/c1-11(2)7-13-9-19(17-15-13)5-6-20-10-14(16-18-20)8-12(3)4/h9-12H,5-8H2,1-4H3. The molecule has 2 aromatic rings. The first-order valence-electron chi connectivity index (χ1n) is 7.31. The van der Waals surface area contributed by atoms with Gasteiger partial charge in [0.05, 0.1) is 24.5 Å². The number of hydrogen-bond donors (Lipinski definition) is 0. The highest BCUT2D eigenvalue weighted by Gasteiger charge is 2.05. The summed E-state index contributed by atoms with van der Waals surface area (Å²) in [7, 11) is 0. The first-order chi connectivity index (χ1) is 9.52. The molecule has 0 atom stereocenters. The van der Waals surface area contributed by atoms with Gasteiger partial charge in [0, 0.05) is 12.4 Å². The van der Waals surface area contributed by atoms with Crippen molar-refractivity contribution in [1.29, 1.82) is 0 Å². The fourth-order valence-electron chi connectivity index (χ4n) is 2.12. The highest BCUT2D eigenvalue weighted by Crippen LogP contribution is 2.05. The Kier molecular flexibility index (Phi) is 4.87. The van der Waals surface area contributed by atoms with Crippen LogP contribution in [0.4, 0.5) is 0 Å². The lowest BCUT2D eigenvalue weighted by molar-refractivity contribution is 0.480. The van der Waals surface area contributed by atoms with E-state index in [9.17, 15) is 0 Å². The minimum absolute atomic E-state index is 0.606. The molecule has 0 aromatic carbocycles. The summed E-state index contributed by atoms with van der Waals surface area (Å²) in [6.07, 6.45) is 5.99. The van der Waals surface area contributed by atoms with Crippen molar-refractivity contribution in [2.45, 2.75) is 53.6 Å². The second-order valence-electron chi connectivity index (χ2n) is 6.14. The Morgan fingerprint density at radius 1 is 0.800 bits per heavy atom. The summed E-state index contributed by atoms with van der Waals surface area (Å²) in [6, 6.07) is 0. The molecule has 0 spiro atoms. The highest BCUT2D eigenvalue weighted by atomic mass is 15.5. The molecule has 6 nitrogen and oxygen atoms in total. The van der Waals surface area contributed by atoms with E-state index in [1.165, 1.54) is 0 Å². The van der Waals surface area contributed by atoms with Gasteiger partial charge in [-0.3, -0.25) is 9.36 Å². The molecule has 0 radical (unpaired) electrons. The Labute approximate surface area is 120 Å². The van der Waals surface area contributed by atoms with E-state index in [1.54, 1.807) is 0 Å². The molecule has 110 valence electrons. The number of aryl methyl sites for hydroxylation is 2. The van der Waals surface area contributed by atoms with E-state index in [1.807, 2.05) is 21.8 Å². The SMILES string of the molecule is CC(C)Cc1cn(CCn2cc(CC(C)C)nn2)nn1. The molecule has 2 aromatic heterocycles. The fraction of sp³-hybridized carbons (Fsp3) is 0.714. The van der Waals surface area contributed by atoms with Gasteiger partial charge in [0.2, 0.25) is 0 Å². The molecule has 0 saturated carbocycles. The zero-order valence-electron chi connectivity index (χ0n) is 12.8. The van der Waals surface area contributed by atoms with Gasteiger partial charge in [0.25, 0.3) is 0 Å². The molecular weight excluding hydrogens is 252 g/mol. The summed E-state index contributed by atoms with van der Waals surface area (Å²) in [6.45, 7) is 10.3. The minimum atomic E-state index is 0.606. The maximum atomic E-state index is 4.18. The van der Waals surface area contributed by atoms with Crippen molar-refractivity contribution in [3.05, 3.63) is 23.8 Å². The molecule has 0 unspecified atom stereocenters. The fourth-order valence-corrected chi connectivity index (χ4v) is 2.12. The lowest BCUT2D eigenvalue weighted by Crippen LogP contribution is -2.08. The van der Waals surface area contributed by atoms with Crippen LogP contribution in [0.1, 0.15) is 39.1 Å². The molecule has 6 heteroatoms. The largest absolute Gasteiger partial charge is 0.250 e. The van der Waals surface area contributed by atoms with Gasteiger partial charge in [-0.15, -0.1) is 10.2 Å². The van der Waals surface area contributed by atoms with Crippen LogP contribution in [0, 0.1) is 11.8 Å². The predicted molar refractivity (Wildman–Crippen MR) is 77.1 cm³/mol. The molecule has 0 fully saturated rings. The molecular formula is C14H24N6. The number of nitrogens with zero attached hydrogens (tertiary/aromatic N) is 6. The van der Waals surface area contributed by atoms with Gasteiger partial charge in [-0.05, 0) is 24.7 Å². The van der Waals surface area contributed by atoms with E-state index in [2.05, 4.69) is 48.3 Å². The summed E-state index contributed by atoms with van der Waals surface area (Å²) >= 11 is 0. The van der Waals surface area contributed by atoms with Crippen LogP contribution < -0.4 is 0 Å². The van der Waals surface area contributed by atoms with Gasteiger partial charge in [0.15, 0.2) is 0 Å². The molecule has 2 heterocycles. The predicted octanol–water partition coefficient (Wildman–Crippen LogP) is 1.97. The Bertz CT molecular complexity index is 477. The van der Waals surface area contributed by atoms with Gasteiger partial charge in [-0.1, -0.05) is 38.1 Å². The molecule has 0 bridgehead atoms. The van der Waals surface area contributed by atoms with E-state index < -0.39 is 0 Å². The van der Waals surface area contributed by atoms with Crippen LogP contribution in [0.2, 0.25) is 0 Å². The van der Waals surface area contributed by atoms with Gasteiger partial charge < -0.3 is 0 Å². The van der Waals surface area contributed by atoms with Crippen molar-refractivity contribution in [3.63, 3.8) is 0 Å². The second kappa shape index (κ2) is 6.63. The van der Waals surface area contributed by atoms with Crippen LogP contribution in [0.25, 0.3) is 0 Å². The quantitative estimate of drug-likeness (QED) is 0.775. The number of aromatic nitrogens is 6. The maximum Gasteiger partial charge on any atom is 0.0829 e. The average Bonchev–Trinajstić information content (AvgIpc) is 2.94. The summed E-state index contributed by atoms with van der Waals surface area (Å²) in [5.41, 5.74) is 2.11. The van der Waals surface area contributed by atoms with E-state index >= 15 is 0 Å². The van der Waals surface area contributed by atoms with Crippen molar-refractivity contribution < 1.29 is 0 Å². The molecule has 0 amide bonds. The van der Waals surface area contributed by atoms with Gasteiger partial charge in [0.1, 0.15) is 0 Å². The highest BCUT2D eigenvalue weighted by molar-refractivity contribution is 4.94. The van der Waals surface area contributed by atoms with Gasteiger partial charge >= 0.3 is 0 Å². The van der Waals surface area contributed by atoms with E-state index in [4.69, 9.17) is 0 Å². The van der Waals surface area contributed by atoms with Gasteiger partial charge in [-0.2, -0.15) is 0 Å². The third kappa shape index (κ3) is 4.43. The van der Waals surface area contributed by atoms with Crippen LogP contribution in [-0.4, -0.2) is 30.0 Å². The van der Waals surface area contributed by atoms with E-state index in [0.29, 0.717) is 11.8 Å². The van der Waals surface area contributed by atoms with Crippen LogP contribution in [-0.2, 0) is 25.9 Å². The topological polar surface area (TPSA) is 61.4 Å². The van der Waals surface area contributed by atoms with Crippen LogP contribution >= 0.6 is 0 Å². The molecule has 2 rings (SSSR count). The monoisotopic (exact) mass is 276 g/mol. The van der Waals surface area contributed by atoms with Crippen LogP contribution in [0.15, 0.2) is 12.4 Å². The van der Waals surface area contributed by atoms with Crippen molar-refractivity contribution in [1.82, 2.24) is 30.0 Å². The normalized spacial score (nSPS) is 11.7. The molecule has 0 aliphatic rings. The molecule has 0 saturated heterocycles. The van der Waals surface area contributed by atoms with E-state index in [-0.39, 0.29) is 0 Å². The lowest BCUT2D eigenvalue weighted by Gasteiger charge is -2.01. The number of rotatable bonds is 7. The molecule has 20 heavy (non-hydrogen) atoms. The van der Waals surface area contributed by atoms with Crippen molar-refractivity contribution in [3.8, 4) is 0 Å². The summed E-state index contributed by atoms with van der Waals surface area (Å²) in [4.78, 5) is 0. The average molecular weight is 276 g/mol. The Hall–Kier alpha value is -1.72. The Morgan fingerprint density at radius 3 is 1.55 bits per heavy atom. The third-order valence-corrected chi connectivity index (χ3v) is 2.97. The summed E-state index contributed by atoms with van der Waals surface area (Å²) in [5.74, 6) is 1.21. The second-order valence-corrected chi connectivity index (χ2v) is 6.14. The number of hydrogen-bond acceptors (Lipinski definition) is 4. The maximum absolute atomic E-state index is 4.18. The van der Waals surface area contributed by atoms with E-state index in [0.717, 1.165) is 37.3 Å². The van der Waals surface area contributed by atoms with Crippen molar-refractivity contribution in [2.75, 3.05) is 0 Å². The lowest BCUT2D eigenvalue weighted by atomic mass is 10.1. The smallest absolute Gasteiger partial charge is 0.0829 e. The minimum Gasteiger partial charge on any atom is -0.250 e. The van der Waals surface area contributed by atoms with Crippen LogP contribution in [0.3, 0.4) is 0 Å². The Morgan fingerprint density at radius 2 is 1.20 bits per heavy atom.